The van der Waals surface area contributed by atoms with Gasteiger partial charge in [-0.05, 0) is 54.2 Å². The predicted octanol–water partition coefficient (Wildman–Crippen LogP) is 4.49. The molecule has 5 nitrogen and oxygen atoms in total. The zero-order valence-electron chi connectivity index (χ0n) is 15.7. The second kappa shape index (κ2) is 6.38. The van der Waals surface area contributed by atoms with Crippen LogP contribution >= 0.6 is 11.6 Å². The first kappa shape index (κ1) is 16.7. The van der Waals surface area contributed by atoms with Gasteiger partial charge in [0.25, 0.3) is 0 Å². The van der Waals surface area contributed by atoms with Crippen molar-refractivity contribution in [1.82, 2.24) is 14.6 Å². The third kappa shape index (κ3) is 2.84. The van der Waals surface area contributed by atoms with E-state index >= 15 is 0 Å². The van der Waals surface area contributed by atoms with E-state index in [9.17, 15) is 0 Å². The van der Waals surface area contributed by atoms with Crippen LogP contribution in [0.3, 0.4) is 0 Å². The van der Waals surface area contributed by atoms with E-state index in [1.807, 2.05) is 10.6 Å². The number of pyridine rings is 1. The monoisotopic (exact) mass is 394 g/mol. The quantitative estimate of drug-likeness (QED) is 0.669. The number of halogens is 1. The van der Waals surface area contributed by atoms with Gasteiger partial charge in [-0.25, -0.2) is 0 Å². The smallest absolute Gasteiger partial charge is 0.181 e. The molecular weight excluding hydrogens is 372 g/mol. The lowest BCUT2D eigenvalue weighted by atomic mass is 10.0. The summed E-state index contributed by atoms with van der Waals surface area (Å²) in [5, 5.41) is 12.9. The summed E-state index contributed by atoms with van der Waals surface area (Å²) in [4.78, 5) is 0. The van der Waals surface area contributed by atoms with Gasteiger partial charge in [-0.3, -0.25) is 4.40 Å². The predicted molar refractivity (Wildman–Crippen MR) is 109 cm³/mol. The van der Waals surface area contributed by atoms with Crippen molar-refractivity contribution in [2.45, 2.75) is 38.0 Å². The van der Waals surface area contributed by atoms with Crippen LogP contribution in [-0.4, -0.2) is 27.7 Å². The summed E-state index contributed by atoms with van der Waals surface area (Å²) in [6, 6.07) is 8.63. The van der Waals surface area contributed by atoms with E-state index in [-0.39, 0.29) is 0 Å². The number of aromatic nitrogens is 3. The van der Waals surface area contributed by atoms with Crippen LogP contribution in [0.25, 0.3) is 5.65 Å². The van der Waals surface area contributed by atoms with Gasteiger partial charge < -0.3 is 10.1 Å². The van der Waals surface area contributed by atoms with Crippen LogP contribution in [0, 0.1) is 11.8 Å². The average molecular weight is 395 g/mol. The van der Waals surface area contributed by atoms with E-state index in [1.165, 1.54) is 30.4 Å². The molecule has 0 saturated heterocycles. The number of rotatable bonds is 6. The number of ether oxygens (including phenoxy) is 1. The minimum Gasteiger partial charge on any atom is -0.493 e. The van der Waals surface area contributed by atoms with Crippen molar-refractivity contribution in [1.29, 1.82) is 0 Å². The Balaban J connectivity index is 1.16. The van der Waals surface area contributed by atoms with E-state index in [1.54, 1.807) is 0 Å². The average Bonchev–Trinajstić information content (AvgIpc) is 3.58. The van der Waals surface area contributed by atoms with Crippen molar-refractivity contribution >= 4 is 22.9 Å². The van der Waals surface area contributed by atoms with E-state index in [4.69, 9.17) is 16.3 Å². The van der Waals surface area contributed by atoms with Crippen LogP contribution < -0.4 is 10.1 Å². The van der Waals surface area contributed by atoms with Gasteiger partial charge in [0.1, 0.15) is 16.6 Å². The van der Waals surface area contributed by atoms with Gasteiger partial charge in [-0.2, -0.15) is 0 Å². The Labute approximate surface area is 169 Å². The van der Waals surface area contributed by atoms with Crippen molar-refractivity contribution in [2.24, 2.45) is 11.8 Å². The molecule has 0 spiro atoms. The summed E-state index contributed by atoms with van der Waals surface area (Å²) in [6.07, 6.45) is 7.89. The van der Waals surface area contributed by atoms with Crippen molar-refractivity contribution in [3.05, 3.63) is 52.4 Å². The summed E-state index contributed by atoms with van der Waals surface area (Å²) < 4.78 is 7.92. The molecule has 3 aromatic rings. The van der Waals surface area contributed by atoms with Crippen LogP contribution in [0.1, 0.15) is 42.1 Å². The fourth-order valence-corrected chi connectivity index (χ4v) is 4.71. The molecule has 1 aliphatic heterocycles. The normalized spacial score (nSPS) is 22.9. The Hall–Kier alpha value is -2.27. The van der Waals surface area contributed by atoms with Crippen LogP contribution in [0.15, 0.2) is 30.5 Å². The molecule has 2 atom stereocenters. The van der Waals surface area contributed by atoms with Gasteiger partial charge in [0.05, 0.1) is 12.3 Å². The zero-order chi connectivity index (χ0) is 18.7. The van der Waals surface area contributed by atoms with Crippen molar-refractivity contribution in [3.63, 3.8) is 0 Å². The maximum absolute atomic E-state index is 6.64. The van der Waals surface area contributed by atoms with E-state index < -0.39 is 0 Å². The molecule has 3 aliphatic rings. The highest BCUT2D eigenvalue weighted by Crippen LogP contribution is 2.52. The molecule has 1 N–H and O–H groups in total. The fourth-order valence-electron chi connectivity index (χ4n) is 4.46. The molecular formula is C22H23ClN4O. The Morgan fingerprint density at radius 3 is 3.04 bits per heavy atom. The molecule has 0 radical (unpaired) electrons. The topological polar surface area (TPSA) is 51.5 Å². The molecule has 0 bridgehead atoms. The van der Waals surface area contributed by atoms with Gasteiger partial charge >= 0.3 is 0 Å². The molecule has 0 amide bonds. The highest BCUT2D eigenvalue weighted by molar-refractivity contribution is 6.36. The lowest BCUT2D eigenvalue weighted by Gasteiger charge is -2.10. The molecule has 144 valence electrons. The lowest BCUT2D eigenvalue weighted by Crippen LogP contribution is -2.06. The van der Waals surface area contributed by atoms with Crippen LogP contribution in [-0.2, 0) is 12.8 Å². The summed E-state index contributed by atoms with van der Waals surface area (Å²) in [7, 11) is 0. The SMILES string of the molecule is Clc1c(NC[C@@H]2C[C@H]2c2cccc3c2OCC3)ccn2c(CC3CC3)nnc12. The van der Waals surface area contributed by atoms with Crippen molar-refractivity contribution in [2.75, 3.05) is 18.5 Å². The number of anilines is 1. The molecule has 2 aliphatic carbocycles. The fraction of sp³-hybridized carbons (Fsp3) is 0.455. The first-order chi connectivity index (χ1) is 13.8. The Bertz CT molecular complexity index is 1060. The molecule has 3 heterocycles. The molecule has 6 heteroatoms. The van der Waals surface area contributed by atoms with Gasteiger partial charge in [0.15, 0.2) is 5.65 Å². The Morgan fingerprint density at radius 1 is 1.21 bits per heavy atom. The minimum absolute atomic E-state index is 0.585. The highest BCUT2D eigenvalue weighted by atomic mass is 35.5. The molecule has 2 fully saturated rings. The number of para-hydroxylation sites is 1. The van der Waals surface area contributed by atoms with Gasteiger partial charge in [0, 0.05) is 25.6 Å². The maximum Gasteiger partial charge on any atom is 0.181 e. The number of hydrogen-bond acceptors (Lipinski definition) is 4. The van der Waals surface area contributed by atoms with Gasteiger partial charge in [-0.15, -0.1) is 10.2 Å². The van der Waals surface area contributed by atoms with Crippen molar-refractivity contribution in [3.8, 4) is 5.75 Å². The third-order valence-corrected chi connectivity index (χ3v) is 6.75. The number of fused-ring (bicyclic) bond motifs is 2. The first-order valence-electron chi connectivity index (χ1n) is 10.3. The van der Waals surface area contributed by atoms with Crippen LogP contribution in [0.4, 0.5) is 5.69 Å². The largest absolute Gasteiger partial charge is 0.493 e. The molecule has 2 aromatic heterocycles. The Kier molecular flexibility index (Phi) is 3.80. The molecule has 1 aromatic carbocycles. The second-order valence-electron chi connectivity index (χ2n) is 8.42. The van der Waals surface area contributed by atoms with E-state index in [0.717, 1.165) is 54.8 Å². The molecule has 6 rings (SSSR count). The van der Waals surface area contributed by atoms with E-state index in [2.05, 4.69) is 39.8 Å². The van der Waals surface area contributed by atoms with Crippen molar-refractivity contribution < 1.29 is 4.74 Å². The first-order valence-corrected chi connectivity index (χ1v) is 10.7. The number of nitrogens with one attached hydrogen (secondary N) is 1. The van der Waals surface area contributed by atoms with Gasteiger partial charge in [0.2, 0.25) is 0 Å². The maximum atomic E-state index is 6.64. The summed E-state index contributed by atoms with van der Waals surface area (Å²) in [5.41, 5.74) is 4.44. The minimum atomic E-state index is 0.585. The summed E-state index contributed by atoms with van der Waals surface area (Å²) >= 11 is 6.64. The molecule has 0 unspecified atom stereocenters. The molecule has 2 saturated carbocycles. The number of nitrogens with zero attached hydrogens (tertiary/aromatic N) is 3. The van der Waals surface area contributed by atoms with Crippen LogP contribution in [0.2, 0.25) is 5.02 Å². The van der Waals surface area contributed by atoms with Gasteiger partial charge in [-0.1, -0.05) is 29.8 Å². The number of hydrogen-bond donors (Lipinski definition) is 1. The van der Waals surface area contributed by atoms with Crippen LogP contribution in [0.5, 0.6) is 5.75 Å². The third-order valence-electron chi connectivity index (χ3n) is 6.38. The standard InChI is InChI=1S/C22H23ClN4O/c23-20-18(6-8-27-19(10-13-4-5-13)25-26-22(20)27)24-12-15-11-17(15)16-3-1-2-14-7-9-28-21(14)16/h1-3,6,8,13,15,17,24H,4-5,7,9-12H2/t15-,17+/m0/s1. The lowest BCUT2D eigenvalue weighted by molar-refractivity contribution is 0.353. The summed E-state index contributed by atoms with van der Waals surface area (Å²) in [5.74, 6) is 4.14. The molecule has 28 heavy (non-hydrogen) atoms. The summed E-state index contributed by atoms with van der Waals surface area (Å²) in [6.45, 7) is 1.73. The number of benzene rings is 1. The Morgan fingerprint density at radius 2 is 2.14 bits per heavy atom. The zero-order valence-corrected chi connectivity index (χ0v) is 16.5. The van der Waals surface area contributed by atoms with E-state index in [0.29, 0.717) is 16.9 Å². The second-order valence-corrected chi connectivity index (χ2v) is 8.80. The highest BCUT2D eigenvalue weighted by Gasteiger charge is 2.40.